The average Bonchev–Trinajstić information content (AvgIpc) is 2.28. The summed E-state index contributed by atoms with van der Waals surface area (Å²) in [4.78, 5) is 13.2. The van der Waals surface area contributed by atoms with Crippen molar-refractivity contribution in [1.82, 2.24) is 10.2 Å². The Labute approximate surface area is 83.9 Å². The van der Waals surface area contributed by atoms with Crippen molar-refractivity contribution in [2.75, 3.05) is 7.05 Å². The molecule has 0 saturated heterocycles. The molecule has 14 heavy (non-hydrogen) atoms. The molecule has 0 amide bonds. The van der Waals surface area contributed by atoms with Crippen LogP contribution >= 0.6 is 0 Å². The van der Waals surface area contributed by atoms with Crippen LogP contribution in [0.25, 0.3) is 0 Å². The molecule has 0 aromatic heterocycles. The van der Waals surface area contributed by atoms with Crippen molar-refractivity contribution in [3.05, 3.63) is 11.9 Å². The van der Waals surface area contributed by atoms with Crippen LogP contribution in [0, 0.1) is 0 Å². The molecule has 1 unspecified atom stereocenters. The first-order valence-electron chi connectivity index (χ1n) is 4.49. The maximum atomic E-state index is 11.5. The van der Waals surface area contributed by atoms with E-state index in [1.165, 1.54) is 0 Å². The standard InChI is InChI=1S/C9H17N3O2/c1-9(2,3)14-7(13)6-5-12(4)8(10)11-6/h5,8,11H,10H2,1-4H3. The molecule has 0 saturated carbocycles. The average molecular weight is 199 g/mol. The Morgan fingerprint density at radius 1 is 1.64 bits per heavy atom. The second-order valence-corrected chi connectivity index (χ2v) is 4.30. The van der Waals surface area contributed by atoms with Gasteiger partial charge < -0.3 is 15.0 Å². The van der Waals surface area contributed by atoms with Gasteiger partial charge in [-0.05, 0) is 20.8 Å². The second-order valence-electron chi connectivity index (χ2n) is 4.30. The molecule has 5 nitrogen and oxygen atoms in total. The van der Waals surface area contributed by atoms with Crippen LogP contribution in [-0.4, -0.2) is 29.8 Å². The fourth-order valence-electron chi connectivity index (χ4n) is 1.03. The van der Waals surface area contributed by atoms with Gasteiger partial charge in [-0.15, -0.1) is 0 Å². The van der Waals surface area contributed by atoms with Gasteiger partial charge >= 0.3 is 5.97 Å². The number of carbonyl (C=O) groups excluding carboxylic acids is 1. The van der Waals surface area contributed by atoms with E-state index in [0.29, 0.717) is 5.70 Å². The highest BCUT2D eigenvalue weighted by molar-refractivity contribution is 5.88. The molecular weight excluding hydrogens is 182 g/mol. The maximum absolute atomic E-state index is 11.5. The summed E-state index contributed by atoms with van der Waals surface area (Å²) in [5, 5.41) is 2.82. The highest BCUT2D eigenvalue weighted by atomic mass is 16.6. The summed E-state index contributed by atoms with van der Waals surface area (Å²) >= 11 is 0. The largest absolute Gasteiger partial charge is 0.455 e. The first-order chi connectivity index (χ1) is 6.29. The molecule has 3 N–H and O–H groups in total. The monoisotopic (exact) mass is 199 g/mol. The third-order valence-corrected chi connectivity index (χ3v) is 1.69. The number of rotatable bonds is 1. The topological polar surface area (TPSA) is 67.6 Å². The fourth-order valence-corrected chi connectivity index (χ4v) is 1.03. The van der Waals surface area contributed by atoms with E-state index in [2.05, 4.69) is 5.32 Å². The summed E-state index contributed by atoms with van der Waals surface area (Å²) < 4.78 is 5.17. The van der Waals surface area contributed by atoms with E-state index in [9.17, 15) is 4.79 Å². The van der Waals surface area contributed by atoms with Crippen LogP contribution in [0.4, 0.5) is 0 Å². The Bertz CT molecular complexity index is 268. The van der Waals surface area contributed by atoms with Crippen molar-refractivity contribution in [2.24, 2.45) is 5.73 Å². The molecule has 0 aliphatic carbocycles. The lowest BCUT2D eigenvalue weighted by atomic mass is 10.2. The molecule has 0 aromatic carbocycles. The van der Waals surface area contributed by atoms with Gasteiger partial charge in [0.2, 0.25) is 0 Å². The molecule has 1 aliphatic rings. The molecule has 80 valence electrons. The van der Waals surface area contributed by atoms with Gasteiger partial charge in [0.1, 0.15) is 11.3 Å². The Hall–Kier alpha value is -1.23. The van der Waals surface area contributed by atoms with Crippen LogP contribution in [0.3, 0.4) is 0 Å². The van der Waals surface area contributed by atoms with Gasteiger partial charge in [0.15, 0.2) is 6.29 Å². The van der Waals surface area contributed by atoms with E-state index >= 15 is 0 Å². The smallest absolute Gasteiger partial charge is 0.356 e. The van der Waals surface area contributed by atoms with Gasteiger partial charge in [-0.1, -0.05) is 0 Å². The minimum Gasteiger partial charge on any atom is -0.455 e. The fraction of sp³-hybridized carbons (Fsp3) is 0.667. The van der Waals surface area contributed by atoms with Gasteiger partial charge in [0.25, 0.3) is 0 Å². The third-order valence-electron chi connectivity index (χ3n) is 1.69. The summed E-state index contributed by atoms with van der Waals surface area (Å²) in [6.45, 7) is 5.47. The Morgan fingerprint density at radius 2 is 2.21 bits per heavy atom. The van der Waals surface area contributed by atoms with E-state index in [0.717, 1.165) is 0 Å². The number of esters is 1. The first-order valence-corrected chi connectivity index (χ1v) is 4.49. The van der Waals surface area contributed by atoms with Crippen LogP contribution in [0.2, 0.25) is 0 Å². The molecule has 0 fully saturated rings. The number of carbonyl (C=O) groups is 1. The molecule has 0 aromatic rings. The second kappa shape index (κ2) is 3.49. The summed E-state index contributed by atoms with van der Waals surface area (Å²) in [5.74, 6) is -0.377. The molecule has 0 spiro atoms. The van der Waals surface area contributed by atoms with E-state index in [1.54, 1.807) is 18.1 Å². The summed E-state index contributed by atoms with van der Waals surface area (Å²) in [6, 6.07) is 0. The van der Waals surface area contributed by atoms with E-state index < -0.39 is 5.60 Å². The minimum absolute atomic E-state index is 0.350. The molecule has 0 bridgehead atoms. The highest BCUT2D eigenvalue weighted by Gasteiger charge is 2.26. The normalized spacial score (nSPS) is 21.6. The SMILES string of the molecule is CN1C=C(C(=O)OC(C)(C)C)NC1N. The lowest BCUT2D eigenvalue weighted by Gasteiger charge is -2.20. The molecule has 0 radical (unpaired) electrons. The number of hydrogen-bond donors (Lipinski definition) is 2. The van der Waals surface area contributed by atoms with Crippen LogP contribution in [-0.2, 0) is 9.53 Å². The zero-order valence-corrected chi connectivity index (χ0v) is 9.00. The van der Waals surface area contributed by atoms with Crippen LogP contribution < -0.4 is 11.1 Å². The maximum Gasteiger partial charge on any atom is 0.356 e. The Balaban J connectivity index is 2.60. The van der Waals surface area contributed by atoms with E-state index in [1.807, 2.05) is 20.8 Å². The molecular formula is C9H17N3O2. The van der Waals surface area contributed by atoms with Gasteiger partial charge in [-0.3, -0.25) is 5.73 Å². The van der Waals surface area contributed by atoms with Crippen molar-refractivity contribution in [2.45, 2.75) is 32.7 Å². The summed E-state index contributed by atoms with van der Waals surface area (Å²) in [5.41, 5.74) is 5.54. The van der Waals surface area contributed by atoms with Gasteiger partial charge in [-0.25, -0.2) is 4.79 Å². The van der Waals surface area contributed by atoms with Crippen LogP contribution in [0.15, 0.2) is 11.9 Å². The Morgan fingerprint density at radius 3 is 2.57 bits per heavy atom. The molecule has 1 atom stereocenters. The molecule has 1 aliphatic heterocycles. The number of ether oxygens (including phenoxy) is 1. The third kappa shape index (κ3) is 2.63. The number of hydrogen-bond acceptors (Lipinski definition) is 5. The zero-order chi connectivity index (χ0) is 10.9. The van der Waals surface area contributed by atoms with Crippen LogP contribution in [0.5, 0.6) is 0 Å². The lowest BCUT2D eigenvalue weighted by Crippen LogP contribution is -2.43. The Kier molecular flexibility index (Phi) is 2.71. The summed E-state index contributed by atoms with van der Waals surface area (Å²) in [7, 11) is 1.79. The van der Waals surface area contributed by atoms with Crippen molar-refractivity contribution in [1.29, 1.82) is 0 Å². The predicted octanol–water partition coefficient (Wildman–Crippen LogP) is -0.0532. The van der Waals surface area contributed by atoms with Gasteiger partial charge in [0, 0.05) is 13.2 Å². The van der Waals surface area contributed by atoms with Crippen molar-refractivity contribution >= 4 is 5.97 Å². The minimum atomic E-state index is -0.481. The van der Waals surface area contributed by atoms with E-state index in [4.69, 9.17) is 10.5 Å². The molecule has 1 heterocycles. The molecule has 1 rings (SSSR count). The quantitative estimate of drug-likeness (QED) is 0.579. The lowest BCUT2D eigenvalue weighted by molar-refractivity contribution is -0.150. The number of nitrogens with zero attached hydrogens (tertiary/aromatic N) is 1. The summed E-state index contributed by atoms with van der Waals surface area (Å²) in [6.07, 6.45) is 1.29. The predicted molar refractivity (Wildman–Crippen MR) is 52.8 cm³/mol. The van der Waals surface area contributed by atoms with Crippen molar-refractivity contribution in [3.63, 3.8) is 0 Å². The van der Waals surface area contributed by atoms with Crippen molar-refractivity contribution in [3.8, 4) is 0 Å². The van der Waals surface area contributed by atoms with Gasteiger partial charge in [0.05, 0.1) is 0 Å². The van der Waals surface area contributed by atoms with Crippen molar-refractivity contribution < 1.29 is 9.53 Å². The molecule has 5 heteroatoms. The zero-order valence-electron chi connectivity index (χ0n) is 9.00. The number of nitrogens with two attached hydrogens (primary N) is 1. The van der Waals surface area contributed by atoms with Gasteiger partial charge in [-0.2, -0.15) is 0 Å². The first kappa shape index (κ1) is 10.8. The van der Waals surface area contributed by atoms with Crippen LogP contribution in [0.1, 0.15) is 20.8 Å². The highest BCUT2D eigenvalue weighted by Crippen LogP contribution is 2.13. The number of nitrogens with one attached hydrogen (secondary N) is 1. The van der Waals surface area contributed by atoms with E-state index in [-0.39, 0.29) is 12.3 Å².